The van der Waals surface area contributed by atoms with E-state index in [1.165, 1.54) is 5.57 Å². The summed E-state index contributed by atoms with van der Waals surface area (Å²) in [5, 5.41) is 6.99. The van der Waals surface area contributed by atoms with Gasteiger partial charge in [0.1, 0.15) is 30.6 Å². The second-order valence-corrected chi connectivity index (χ2v) is 8.29. The van der Waals surface area contributed by atoms with Crippen LogP contribution in [0.1, 0.15) is 30.9 Å². The van der Waals surface area contributed by atoms with Gasteiger partial charge in [-0.1, -0.05) is 29.8 Å². The minimum Gasteiger partial charge on any atom is -0.496 e. The highest BCUT2D eigenvalue weighted by atomic mass is 16.6. The van der Waals surface area contributed by atoms with Gasteiger partial charge in [-0.15, -0.1) is 0 Å². The van der Waals surface area contributed by atoms with E-state index < -0.39 is 0 Å². The van der Waals surface area contributed by atoms with Crippen molar-refractivity contribution in [3.63, 3.8) is 0 Å². The molecule has 0 radical (unpaired) electrons. The molecule has 0 atom stereocenters. The normalized spacial score (nSPS) is 15.9. The van der Waals surface area contributed by atoms with Crippen molar-refractivity contribution >= 4 is 29.1 Å². The summed E-state index contributed by atoms with van der Waals surface area (Å²) < 4.78 is 16.8. The van der Waals surface area contributed by atoms with Gasteiger partial charge in [-0.2, -0.15) is 0 Å². The Kier molecular flexibility index (Phi) is 6.33. The lowest BCUT2D eigenvalue weighted by molar-refractivity contribution is 0.171. The molecule has 0 saturated carbocycles. The molecule has 7 heteroatoms. The number of aliphatic imine (C=N–C) groups is 1. The molecule has 2 aromatic carbocycles. The molecule has 0 saturated heterocycles. The van der Waals surface area contributed by atoms with Crippen molar-refractivity contribution in [2.75, 3.05) is 31.0 Å². The Bertz CT molecular complexity index is 1250. The zero-order valence-corrected chi connectivity index (χ0v) is 19.4. The molecule has 1 aromatic heterocycles. The summed E-state index contributed by atoms with van der Waals surface area (Å²) in [4.78, 5) is 9.51. The van der Waals surface area contributed by atoms with Crippen molar-refractivity contribution in [2.45, 2.75) is 26.3 Å². The lowest BCUT2D eigenvalue weighted by Crippen LogP contribution is -2.16. The van der Waals surface area contributed by atoms with Crippen LogP contribution >= 0.6 is 0 Å². The first-order valence-electron chi connectivity index (χ1n) is 11.4. The first-order chi connectivity index (χ1) is 16.7. The maximum absolute atomic E-state index is 5.73. The third-order valence-corrected chi connectivity index (χ3v) is 5.85. The van der Waals surface area contributed by atoms with Crippen LogP contribution in [-0.2, 0) is 6.54 Å². The Hall–Kier alpha value is -4.00. The van der Waals surface area contributed by atoms with Gasteiger partial charge >= 0.3 is 0 Å². The molecule has 2 N–H and O–H groups in total. The molecule has 2 aliphatic rings. The molecule has 34 heavy (non-hydrogen) atoms. The van der Waals surface area contributed by atoms with E-state index in [9.17, 15) is 0 Å². The van der Waals surface area contributed by atoms with E-state index in [1.807, 2.05) is 48.5 Å². The molecule has 7 nitrogen and oxygen atoms in total. The summed E-state index contributed by atoms with van der Waals surface area (Å²) in [6.07, 6.45) is 5.74. The number of amidine groups is 1. The van der Waals surface area contributed by atoms with Crippen molar-refractivity contribution in [2.24, 2.45) is 4.99 Å². The number of para-hydroxylation sites is 1. The van der Waals surface area contributed by atoms with Crippen LogP contribution in [0.2, 0.25) is 0 Å². The second kappa shape index (κ2) is 9.87. The maximum atomic E-state index is 5.73. The smallest absolute Gasteiger partial charge is 0.163 e. The predicted octanol–water partition coefficient (Wildman–Crippen LogP) is 5.81. The molecule has 3 heterocycles. The van der Waals surface area contributed by atoms with Gasteiger partial charge in [-0.3, -0.25) is 4.99 Å². The van der Waals surface area contributed by atoms with E-state index >= 15 is 0 Å². The number of hydrogen-bond acceptors (Lipinski definition) is 6. The maximum Gasteiger partial charge on any atom is 0.163 e. The Morgan fingerprint density at radius 3 is 2.79 bits per heavy atom. The Balaban J connectivity index is 1.42. The predicted molar refractivity (Wildman–Crippen MR) is 136 cm³/mol. The van der Waals surface area contributed by atoms with Gasteiger partial charge in [-0.25, -0.2) is 4.98 Å². The average Bonchev–Trinajstić information content (AvgIpc) is 2.86. The van der Waals surface area contributed by atoms with Crippen molar-refractivity contribution in [1.29, 1.82) is 0 Å². The second-order valence-electron chi connectivity index (χ2n) is 8.29. The number of methoxy groups -OCH3 is 1. The molecule has 0 amide bonds. The fourth-order valence-corrected chi connectivity index (χ4v) is 4.07. The summed E-state index contributed by atoms with van der Waals surface area (Å²) in [6, 6.07) is 15.8. The Morgan fingerprint density at radius 2 is 1.91 bits per heavy atom. The summed E-state index contributed by atoms with van der Waals surface area (Å²) in [7, 11) is 1.69. The molecule has 3 aromatic rings. The van der Waals surface area contributed by atoms with Crippen molar-refractivity contribution in [1.82, 2.24) is 4.98 Å². The van der Waals surface area contributed by atoms with E-state index in [0.717, 1.165) is 64.2 Å². The molecule has 0 aliphatic carbocycles. The molecular weight excluding hydrogens is 428 g/mol. The molecule has 0 spiro atoms. The third kappa shape index (κ3) is 4.83. The fraction of sp³-hybridized carbons (Fsp3) is 0.259. The van der Waals surface area contributed by atoms with E-state index in [1.54, 1.807) is 13.3 Å². The monoisotopic (exact) mass is 456 g/mol. The summed E-state index contributed by atoms with van der Waals surface area (Å²) >= 11 is 0. The van der Waals surface area contributed by atoms with Gasteiger partial charge in [0.05, 0.1) is 19.3 Å². The van der Waals surface area contributed by atoms with Gasteiger partial charge in [0.2, 0.25) is 0 Å². The number of benzene rings is 2. The highest BCUT2D eigenvalue weighted by molar-refractivity contribution is 5.99. The Morgan fingerprint density at radius 1 is 1.06 bits per heavy atom. The molecule has 0 fully saturated rings. The summed E-state index contributed by atoms with van der Waals surface area (Å²) in [5.41, 5.74) is 5.19. The average molecular weight is 457 g/mol. The van der Waals surface area contributed by atoms with Crippen LogP contribution in [0, 0.1) is 0 Å². The van der Waals surface area contributed by atoms with E-state index in [4.69, 9.17) is 19.2 Å². The number of rotatable bonds is 5. The number of anilines is 3. The van der Waals surface area contributed by atoms with Crippen LogP contribution in [0.15, 0.2) is 65.3 Å². The largest absolute Gasteiger partial charge is 0.496 e. The fourth-order valence-electron chi connectivity index (χ4n) is 4.07. The zero-order valence-electron chi connectivity index (χ0n) is 19.4. The third-order valence-electron chi connectivity index (χ3n) is 5.85. The number of nitrogens with zero attached hydrogens (tertiary/aromatic N) is 2. The molecule has 5 rings (SSSR count). The SMILES string of the molecule is COc1ccccc1CN=C1CCC(C)=Cc2c(ccnc2Nc2ccc3c(c2)OCCO3)N1. The molecule has 0 bridgehead atoms. The van der Waals surface area contributed by atoms with Crippen LogP contribution in [0.25, 0.3) is 6.08 Å². The molecule has 0 unspecified atom stereocenters. The van der Waals surface area contributed by atoms with Gasteiger partial charge in [0, 0.05) is 35.5 Å². The van der Waals surface area contributed by atoms with Gasteiger partial charge in [0.15, 0.2) is 11.5 Å². The van der Waals surface area contributed by atoms with Crippen molar-refractivity contribution in [3.05, 3.63) is 71.4 Å². The topological polar surface area (TPSA) is 77.0 Å². The van der Waals surface area contributed by atoms with Crippen molar-refractivity contribution in [3.8, 4) is 17.2 Å². The minimum atomic E-state index is 0.553. The summed E-state index contributed by atoms with van der Waals surface area (Å²) in [6.45, 7) is 3.83. The van der Waals surface area contributed by atoms with E-state index in [0.29, 0.717) is 19.8 Å². The summed E-state index contributed by atoms with van der Waals surface area (Å²) in [5.74, 6) is 4.07. The molecular formula is C27H28N4O3. The van der Waals surface area contributed by atoms with Crippen LogP contribution in [0.4, 0.5) is 17.2 Å². The number of nitrogens with one attached hydrogen (secondary N) is 2. The highest BCUT2D eigenvalue weighted by Crippen LogP contribution is 2.35. The number of allylic oxidation sites excluding steroid dienone is 1. The quantitative estimate of drug-likeness (QED) is 0.504. The van der Waals surface area contributed by atoms with Crippen LogP contribution in [-0.4, -0.2) is 31.1 Å². The zero-order chi connectivity index (χ0) is 23.3. The van der Waals surface area contributed by atoms with Crippen molar-refractivity contribution < 1.29 is 14.2 Å². The van der Waals surface area contributed by atoms with E-state index in [-0.39, 0.29) is 0 Å². The van der Waals surface area contributed by atoms with Gasteiger partial charge in [0.25, 0.3) is 0 Å². The number of fused-ring (bicyclic) bond motifs is 2. The lowest BCUT2D eigenvalue weighted by Gasteiger charge is -2.21. The van der Waals surface area contributed by atoms with Crippen LogP contribution < -0.4 is 24.8 Å². The number of ether oxygens (including phenoxy) is 3. The number of pyridine rings is 1. The lowest BCUT2D eigenvalue weighted by atomic mass is 10.0. The molecule has 2 aliphatic heterocycles. The van der Waals surface area contributed by atoms with Gasteiger partial charge in [-0.05, 0) is 37.6 Å². The number of hydrogen-bond donors (Lipinski definition) is 2. The van der Waals surface area contributed by atoms with Crippen LogP contribution in [0.3, 0.4) is 0 Å². The van der Waals surface area contributed by atoms with Crippen LogP contribution in [0.5, 0.6) is 17.2 Å². The first kappa shape index (κ1) is 21.8. The standard InChI is InChI=1S/C27H28N4O3/c1-18-7-10-26(29-17-19-5-3-4-6-23(19)32-2)31-22-11-12-28-27(21(22)15-18)30-20-8-9-24-25(16-20)34-14-13-33-24/h3-6,8-9,11-12,15-16H,7,10,13-14,17H2,1-2H3,(H,28,30)(H,29,31). The number of aromatic nitrogens is 1. The molecule has 174 valence electrons. The van der Waals surface area contributed by atoms with Gasteiger partial charge < -0.3 is 24.8 Å². The Labute approximate surface area is 199 Å². The van der Waals surface area contributed by atoms with E-state index in [2.05, 4.69) is 28.6 Å². The highest BCUT2D eigenvalue weighted by Gasteiger charge is 2.16. The first-order valence-corrected chi connectivity index (χ1v) is 11.4. The minimum absolute atomic E-state index is 0.553.